The molecule has 6 rings (SSSR count). The fourth-order valence-corrected chi connectivity index (χ4v) is 5.96. The summed E-state index contributed by atoms with van der Waals surface area (Å²) in [6, 6.07) is 10.4. The number of anilines is 1. The van der Waals surface area contributed by atoms with Crippen LogP contribution >= 0.6 is 0 Å². The summed E-state index contributed by atoms with van der Waals surface area (Å²) in [5.41, 5.74) is 13.2. The van der Waals surface area contributed by atoms with E-state index in [0.29, 0.717) is 24.7 Å². The number of hydrogen-bond acceptors (Lipinski definition) is 7. The minimum absolute atomic E-state index is 0.230. The number of likely N-dealkylation sites (tertiary alicyclic amines) is 1. The Bertz CT molecular complexity index is 1320. The van der Waals surface area contributed by atoms with Gasteiger partial charge < -0.3 is 25.5 Å². The van der Waals surface area contributed by atoms with E-state index in [2.05, 4.69) is 57.0 Å². The zero-order valence-corrected chi connectivity index (χ0v) is 19.7. The number of rotatable bonds is 2. The van der Waals surface area contributed by atoms with Crippen LogP contribution in [-0.4, -0.2) is 70.3 Å². The van der Waals surface area contributed by atoms with E-state index in [1.54, 1.807) is 6.20 Å². The molecule has 34 heavy (non-hydrogen) atoms. The molecule has 3 N–H and O–H groups in total. The molecule has 0 amide bonds. The largest absolute Gasteiger partial charge is 0.387 e. The fourth-order valence-electron chi connectivity index (χ4n) is 5.96. The number of allylic oxidation sites excluding steroid dienone is 2. The van der Waals surface area contributed by atoms with Crippen LogP contribution in [0.2, 0.25) is 0 Å². The zero-order chi connectivity index (χ0) is 23.6. The van der Waals surface area contributed by atoms with Crippen molar-refractivity contribution in [3.63, 3.8) is 0 Å². The van der Waals surface area contributed by atoms with Crippen LogP contribution in [0.5, 0.6) is 0 Å². The first-order valence-electron chi connectivity index (χ1n) is 12.0. The maximum absolute atomic E-state index is 10.5. The summed E-state index contributed by atoms with van der Waals surface area (Å²) in [6.07, 6.45) is 7.24. The van der Waals surface area contributed by atoms with E-state index in [9.17, 15) is 10.4 Å². The quantitative estimate of drug-likeness (QED) is 0.720. The maximum atomic E-state index is 10.5. The molecule has 3 atom stereocenters. The molecule has 0 bridgehead atoms. The van der Waals surface area contributed by atoms with E-state index in [0.717, 1.165) is 42.6 Å². The summed E-state index contributed by atoms with van der Waals surface area (Å²) < 4.78 is 0. The Morgan fingerprint density at radius 2 is 2.06 bits per heavy atom. The summed E-state index contributed by atoms with van der Waals surface area (Å²) in [5, 5.41) is 21.1. The van der Waals surface area contributed by atoms with Crippen molar-refractivity contribution in [2.45, 2.75) is 38.0 Å². The monoisotopic (exact) mass is 454 g/mol. The molecule has 4 aliphatic rings. The number of pyridine rings is 1. The number of nitrogens with two attached hydrogens (primary N) is 1. The van der Waals surface area contributed by atoms with Gasteiger partial charge in [0.15, 0.2) is 0 Å². The second-order valence-corrected chi connectivity index (χ2v) is 10.3. The Morgan fingerprint density at radius 3 is 2.82 bits per heavy atom. The number of aromatic nitrogens is 1. The van der Waals surface area contributed by atoms with Crippen LogP contribution in [0, 0.1) is 11.3 Å². The van der Waals surface area contributed by atoms with E-state index in [1.807, 2.05) is 19.1 Å². The van der Waals surface area contributed by atoms with Gasteiger partial charge >= 0.3 is 0 Å². The van der Waals surface area contributed by atoms with Gasteiger partial charge in [-0.1, -0.05) is 6.08 Å². The van der Waals surface area contributed by atoms with Crippen LogP contribution in [0.15, 0.2) is 65.2 Å². The molecule has 0 radical (unpaired) electrons. The van der Waals surface area contributed by atoms with Crippen molar-refractivity contribution in [3.05, 3.63) is 70.7 Å². The van der Waals surface area contributed by atoms with Gasteiger partial charge in [0.05, 0.1) is 29.3 Å². The molecule has 0 unspecified atom stereocenters. The molecule has 1 aromatic heterocycles. The number of hydrogen-bond donors (Lipinski definition) is 2. The van der Waals surface area contributed by atoms with Crippen molar-refractivity contribution in [2.75, 3.05) is 37.6 Å². The number of benzene rings is 1. The van der Waals surface area contributed by atoms with E-state index in [1.165, 1.54) is 22.5 Å². The lowest BCUT2D eigenvalue weighted by atomic mass is 9.96. The molecule has 2 aromatic rings. The van der Waals surface area contributed by atoms with Crippen LogP contribution in [0.1, 0.15) is 25.8 Å². The molecule has 1 aromatic carbocycles. The standard InChI is InChI=1S/C27H30N6O/c1-17-12-31(23-8-5-18(11-28)26-22(23)4-3-9-30-26)14-24-21-7-6-20(10-19(21)13-33(17)24)32-15-25(29)27(2,34)16-32/h3-6,8-10,17,25,34H,7,12-16,29H2,1-2H3/t17-,25-,27-/m1/s1. The third-order valence-corrected chi connectivity index (χ3v) is 7.92. The molecule has 1 aliphatic carbocycles. The first kappa shape index (κ1) is 21.2. The Kier molecular flexibility index (Phi) is 4.73. The molecule has 0 saturated carbocycles. The van der Waals surface area contributed by atoms with Crippen LogP contribution in [-0.2, 0) is 0 Å². The lowest BCUT2D eigenvalue weighted by Gasteiger charge is -2.42. The van der Waals surface area contributed by atoms with Gasteiger partial charge in [0, 0.05) is 60.9 Å². The highest BCUT2D eigenvalue weighted by molar-refractivity contribution is 5.95. The minimum Gasteiger partial charge on any atom is -0.387 e. The highest BCUT2D eigenvalue weighted by Gasteiger charge is 2.41. The van der Waals surface area contributed by atoms with Crippen LogP contribution in [0.25, 0.3) is 10.9 Å². The molecule has 4 heterocycles. The summed E-state index contributed by atoms with van der Waals surface area (Å²) in [5.74, 6) is 0. The van der Waals surface area contributed by atoms with E-state index >= 15 is 0 Å². The molecule has 7 heteroatoms. The maximum Gasteiger partial charge on any atom is 0.101 e. The van der Waals surface area contributed by atoms with Crippen molar-refractivity contribution < 1.29 is 5.11 Å². The minimum atomic E-state index is -0.848. The van der Waals surface area contributed by atoms with Gasteiger partial charge in [-0.2, -0.15) is 5.26 Å². The fraction of sp³-hybridized carbons (Fsp3) is 0.407. The predicted octanol–water partition coefficient (Wildman–Crippen LogP) is 2.49. The Labute approximate surface area is 200 Å². The van der Waals surface area contributed by atoms with Gasteiger partial charge in [-0.3, -0.25) is 4.98 Å². The second kappa shape index (κ2) is 7.59. The lowest BCUT2D eigenvalue weighted by Crippen LogP contribution is -2.49. The number of β-amino-alcohol motifs (C(OH)–C–C–N with tert-alkyl or cyclic N) is 1. The average molecular weight is 455 g/mol. The van der Waals surface area contributed by atoms with Gasteiger partial charge in [0.25, 0.3) is 0 Å². The third kappa shape index (κ3) is 3.21. The third-order valence-electron chi connectivity index (χ3n) is 7.92. The number of nitrogens with zero attached hydrogens (tertiary/aromatic N) is 5. The molecule has 0 spiro atoms. The molecule has 3 aliphatic heterocycles. The topological polar surface area (TPSA) is 92.7 Å². The van der Waals surface area contributed by atoms with Crippen molar-refractivity contribution >= 4 is 16.6 Å². The number of fused-ring (bicyclic) bond motifs is 3. The van der Waals surface area contributed by atoms with Crippen LogP contribution in [0.4, 0.5) is 5.69 Å². The van der Waals surface area contributed by atoms with Gasteiger partial charge in [-0.05, 0) is 61.8 Å². The van der Waals surface area contributed by atoms with Gasteiger partial charge in [-0.25, -0.2) is 0 Å². The van der Waals surface area contributed by atoms with E-state index in [4.69, 9.17) is 5.73 Å². The van der Waals surface area contributed by atoms with Crippen molar-refractivity contribution in [2.24, 2.45) is 5.73 Å². The number of aliphatic hydroxyl groups is 1. The summed E-state index contributed by atoms with van der Waals surface area (Å²) in [6.45, 7) is 8.08. The number of piperazine rings is 1. The summed E-state index contributed by atoms with van der Waals surface area (Å²) in [4.78, 5) is 11.7. The molecule has 2 fully saturated rings. The molecule has 174 valence electrons. The molecular weight excluding hydrogens is 424 g/mol. The van der Waals surface area contributed by atoms with Gasteiger partial charge in [-0.15, -0.1) is 0 Å². The van der Waals surface area contributed by atoms with Gasteiger partial charge in [0.1, 0.15) is 6.07 Å². The molecular formula is C27H30N6O. The number of nitriles is 1. The first-order chi connectivity index (χ1) is 16.4. The van der Waals surface area contributed by atoms with Crippen molar-refractivity contribution in [3.8, 4) is 6.07 Å². The van der Waals surface area contributed by atoms with Crippen LogP contribution < -0.4 is 10.6 Å². The second-order valence-electron chi connectivity index (χ2n) is 10.3. The highest BCUT2D eigenvalue weighted by atomic mass is 16.3. The van der Waals surface area contributed by atoms with Crippen molar-refractivity contribution in [1.82, 2.24) is 14.8 Å². The summed E-state index contributed by atoms with van der Waals surface area (Å²) >= 11 is 0. The Morgan fingerprint density at radius 1 is 1.21 bits per heavy atom. The SMILES string of the molecule is C[C@@H]1CN(c2ccc(C#N)c3ncccc23)CC2=C3CC=C(N4C[C@@H](N)[C@](C)(O)C4)C=C3CN21. The highest BCUT2D eigenvalue weighted by Crippen LogP contribution is 2.41. The molecule has 7 nitrogen and oxygen atoms in total. The predicted molar refractivity (Wildman–Crippen MR) is 133 cm³/mol. The zero-order valence-electron chi connectivity index (χ0n) is 19.7. The lowest BCUT2D eigenvalue weighted by molar-refractivity contribution is 0.0591. The average Bonchev–Trinajstić information content (AvgIpc) is 3.34. The Balaban J connectivity index is 1.32. The van der Waals surface area contributed by atoms with E-state index in [-0.39, 0.29) is 6.04 Å². The summed E-state index contributed by atoms with van der Waals surface area (Å²) in [7, 11) is 0. The Hall–Kier alpha value is -3.34. The van der Waals surface area contributed by atoms with Crippen molar-refractivity contribution in [1.29, 1.82) is 5.26 Å². The molecule has 2 saturated heterocycles. The smallest absolute Gasteiger partial charge is 0.101 e. The van der Waals surface area contributed by atoms with E-state index < -0.39 is 5.60 Å². The van der Waals surface area contributed by atoms with Gasteiger partial charge in [0.2, 0.25) is 0 Å². The van der Waals surface area contributed by atoms with Crippen LogP contribution in [0.3, 0.4) is 0 Å². The first-order valence-corrected chi connectivity index (χ1v) is 12.0. The normalized spacial score (nSPS) is 28.6.